The molecule has 2 unspecified atom stereocenters. The summed E-state index contributed by atoms with van der Waals surface area (Å²) in [6, 6.07) is 4.69. The lowest BCUT2D eigenvalue weighted by Gasteiger charge is -2.37. The molecule has 1 aromatic carbocycles. The van der Waals surface area contributed by atoms with Crippen LogP contribution in [0.25, 0.3) is 0 Å². The zero-order chi connectivity index (χ0) is 29.5. The molecule has 2 heterocycles. The highest BCUT2D eigenvalue weighted by Crippen LogP contribution is 2.50. The number of aromatic nitrogens is 2. The van der Waals surface area contributed by atoms with Crippen LogP contribution >= 0.6 is 11.6 Å². The summed E-state index contributed by atoms with van der Waals surface area (Å²) < 4.78 is 93.8. The number of aliphatic hydroxyl groups is 1. The van der Waals surface area contributed by atoms with E-state index in [1.54, 1.807) is 0 Å². The molecule has 0 aliphatic carbocycles. The second-order valence-corrected chi connectivity index (χ2v) is 9.06. The van der Waals surface area contributed by atoms with Gasteiger partial charge in [0.25, 0.3) is 5.56 Å². The van der Waals surface area contributed by atoms with Crippen LogP contribution in [0.5, 0.6) is 11.6 Å². The van der Waals surface area contributed by atoms with E-state index in [1.165, 1.54) is 14.0 Å². The van der Waals surface area contributed by atoms with E-state index in [0.29, 0.717) is 12.3 Å². The normalized spacial score (nSPS) is 14.5. The number of hydrogen-bond acceptors (Lipinski definition) is 6. The van der Waals surface area contributed by atoms with E-state index >= 15 is 0 Å². The first-order valence-corrected chi connectivity index (χ1v) is 11.4. The molecule has 0 spiro atoms. The van der Waals surface area contributed by atoms with Crippen LogP contribution < -0.4 is 10.3 Å². The third-order valence-corrected chi connectivity index (χ3v) is 6.44. The molecule has 2 aromatic heterocycles. The van der Waals surface area contributed by atoms with Crippen LogP contribution in [0.3, 0.4) is 0 Å². The van der Waals surface area contributed by atoms with Crippen LogP contribution in [0.2, 0.25) is 5.02 Å². The van der Waals surface area contributed by atoms with Crippen molar-refractivity contribution < 1.29 is 45.7 Å². The molecule has 39 heavy (non-hydrogen) atoms. The van der Waals surface area contributed by atoms with E-state index in [9.17, 15) is 41.0 Å². The standard InChI is InChI=1S/C25H21ClF6N2O5/c1-12-7-14(11-34(3)21(12)35)23(37,25(30,31)32)13(2)16-6-5-15(8-19(16)26)39-20-9-18(24(27,28)29)17(10-33-20)22(36)38-4/h5-11,13,37H,1-4H3. The lowest BCUT2D eigenvalue weighted by Crippen LogP contribution is -2.47. The number of methoxy groups -OCH3 is 1. The fraction of sp³-hybridized carbons (Fsp3) is 0.320. The molecule has 2 atom stereocenters. The van der Waals surface area contributed by atoms with Gasteiger partial charge in [-0.1, -0.05) is 24.6 Å². The number of esters is 1. The third kappa shape index (κ3) is 5.74. The molecule has 7 nitrogen and oxygen atoms in total. The first-order chi connectivity index (χ1) is 17.9. The third-order valence-electron chi connectivity index (χ3n) is 6.11. The van der Waals surface area contributed by atoms with E-state index in [0.717, 1.165) is 49.1 Å². The van der Waals surface area contributed by atoms with Gasteiger partial charge in [-0.05, 0) is 30.7 Å². The fourth-order valence-electron chi connectivity index (χ4n) is 4.01. The molecule has 0 radical (unpaired) electrons. The summed E-state index contributed by atoms with van der Waals surface area (Å²) in [6.07, 6.45) is -8.66. The second kappa shape index (κ2) is 10.5. The number of rotatable bonds is 6. The number of alkyl halides is 6. The maximum Gasteiger partial charge on any atom is 0.422 e. The number of benzene rings is 1. The average molecular weight is 579 g/mol. The molecule has 210 valence electrons. The Labute approximate surface area is 222 Å². The van der Waals surface area contributed by atoms with Crippen LogP contribution in [0.15, 0.2) is 47.5 Å². The summed E-state index contributed by atoms with van der Waals surface area (Å²) in [6.45, 7) is 2.39. The number of carbonyl (C=O) groups excluding carboxylic acids is 1. The van der Waals surface area contributed by atoms with E-state index in [2.05, 4.69) is 9.72 Å². The van der Waals surface area contributed by atoms with E-state index < -0.39 is 58.0 Å². The van der Waals surface area contributed by atoms with Crippen LogP contribution in [-0.4, -0.2) is 33.9 Å². The minimum atomic E-state index is -5.20. The number of aryl methyl sites for hydroxylation is 2. The highest BCUT2D eigenvalue weighted by atomic mass is 35.5. The molecule has 0 aliphatic heterocycles. The first-order valence-electron chi connectivity index (χ1n) is 11.0. The van der Waals surface area contributed by atoms with Gasteiger partial charge in [0.1, 0.15) is 5.75 Å². The van der Waals surface area contributed by atoms with Gasteiger partial charge in [0.15, 0.2) is 5.60 Å². The Bertz CT molecular complexity index is 1440. The lowest BCUT2D eigenvalue weighted by atomic mass is 9.78. The predicted molar refractivity (Wildman–Crippen MR) is 127 cm³/mol. The van der Waals surface area contributed by atoms with Crippen LogP contribution in [0.1, 0.15) is 45.5 Å². The van der Waals surface area contributed by atoms with Crippen molar-refractivity contribution in [1.29, 1.82) is 0 Å². The Morgan fingerprint density at radius 3 is 2.28 bits per heavy atom. The maximum absolute atomic E-state index is 14.3. The van der Waals surface area contributed by atoms with Crippen molar-refractivity contribution in [2.24, 2.45) is 7.05 Å². The van der Waals surface area contributed by atoms with Gasteiger partial charge < -0.3 is 19.1 Å². The molecule has 3 aromatic rings. The summed E-state index contributed by atoms with van der Waals surface area (Å²) in [5, 5.41) is 10.7. The molecular formula is C25H21ClF6N2O5. The molecular weight excluding hydrogens is 558 g/mol. The molecule has 0 aliphatic rings. The van der Waals surface area contributed by atoms with Crippen molar-refractivity contribution in [1.82, 2.24) is 9.55 Å². The molecule has 14 heteroatoms. The Morgan fingerprint density at radius 2 is 1.77 bits per heavy atom. The van der Waals surface area contributed by atoms with Crippen molar-refractivity contribution in [3.8, 4) is 11.6 Å². The van der Waals surface area contributed by atoms with E-state index in [1.807, 2.05) is 0 Å². The van der Waals surface area contributed by atoms with Gasteiger partial charge >= 0.3 is 18.3 Å². The Hall–Kier alpha value is -3.58. The monoisotopic (exact) mass is 578 g/mol. The molecule has 0 bridgehead atoms. The molecule has 1 N–H and O–H groups in total. The number of ether oxygens (including phenoxy) is 2. The SMILES string of the molecule is COC(=O)c1cnc(Oc2ccc(C(C)C(O)(c3cc(C)c(=O)n(C)c3)C(F)(F)F)c(Cl)c2)cc1C(F)(F)F. The molecule has 0 saturated heterocycles. The van der Waals surface area contributed by atoms with Crippen molar-refractivity contribution in [3.05, 3.63) is 85.9 Å². The largest absolute Gasteiger partial charge is 0.465 e. The fourth-order valence-corrected chi connectivity index (χ4v) is 4.35. The van der Waals surface area contributed by atoms with Crippen molar-refractivity contribution in [2.45, 2.75) is 37.7 Å². The zero-order valence-electron chi connectivity index (χ0n) is 20.7. The van der Waals surface area contributed by atoms with Gasteiger partial charge in [-0.2, -0.15) is 26.3 Å². The molecule has 0 saturated carbocycles. The quantitative estimate of drug-likeness (QED) is 0.290. The van der Waals surface area contributed by atoms with Gasteiger partial charge in [0, 0.05) is 47.6 Å². The zero-order valence-corrected chi connectivity index (χ0v) is 21.5. The lowest BCUT2D eigenvalue weighted by molar-refractivity contribution is -0.274. The highest BCUT2D eigenvalue weighted by molar-refractivity contribution is 6.31. The van der Waals surface area contributed by atoms with Crippen molar-refractivity contribution >= 4 is 17.6 Å². The molecule has 3 rings (SSSR count). The number of carbonyl (C=O) groups is 1. The molecule has 0 fully saturated rings. The van der Waals surface area contributed by atoms with Crippen molar-refractivity contribution in [2.75, 3.05) is 7.11 Å². The van der Waals surface area contributed by atoms with E-state index in [-0.39, 0.29) is 21.9 Å². The minimum Gasteiger partial charge on any atom is -0.465 e. The summed E-state index contributed by atoms with van der Waals surface area (Å²) in [5.41, 5.74) is -7.02. The summed E-state index contributed by atoms with van der Waals surface area (Å²) in [4.78, 5) is 27.3. The molecule has 0 amide bonds. The maximum atomic E-state index is 14.3. The van der Waals surface area contributed by atoms with Crippen LogP contribution in [0, 0.1) is 6.92 Å². The van der Waals surface area contributed by atoms with Gasteiger partial charge in [-0.15, -0.1) is 0 Å². The predicted octanol–water partition coefficient (Wildman–Crippen LogP) is 5.89. The van der Waals surface area contributed by atoms with Gasteiger partial charge in [0.05, 0.1) is 18.2 Å². The number of pyridine rings is 2. The van der Waals surface area contributed by atoms with Gasteiger partial charge in [-0.3, -0.25) is 4.79 Å². The topological polar surface area (TPSA) is 90.7 Å². The van der Waals surface area contributed by atoms with Crippen LogP contribution in [-0.2, 0) is 23.6 Å². The first kappa shape index (κ1) is 30.0. The van der Waals surface area contributed by atoms with Crippen molar-refractivity contribution in [3.63, 3.8) is 0 Å². The summed E-state index contributed by atoms with van der Waals surface area (Å²) in [5.74, 6) is -3.74. The Balaban J connectivity index is 2.02. The average Bonchev–Trinajstić information content (AvgIpc) is 2.84. The minimum absolute atomic E-state index is 0.0244. The highest BCUT2D eigenvalue weighted by Gasteiger charge is 2.59. The Kier molecular flexibility index (Phi) is 8.09. The number of nitrogens with zero attached hydrogens (tertiary/aromatic N) is 2. The van der Waals surface area contributed by atoms with Gasteiger partial charge in [0.2, 0.25) is 5.88 Å². The summed E-state index contributed by atoms with van der Waals surface area (Å²) in [7, 11) is 2.15. The second-order valence-electron chi connectivity index (χ2n) is 8.66. The van der Waals surface area contributed by atoms with Crippen LogP contribution in [0.4, 0.5) is 26.3 Å². The number of halogens is 7. The van der Waals surface area contributed by atoms with Gasteiger partial charge in [-0.25, -0.2) is 9.78 Å². The number of hydrogen-bond donors (Lipinski definition) is 1. The van der Waals surface area contributed by atoms with E-state index in [4.69, 9.17) is 16.3 Å². The Morgan fingerprint density at radius 1 is 1.13 bits per heavy atom. The smallest absolute Gasteiger partial charge is 0.422 e. The summed E-state index contributed by atoms with van der Waals surface area (Å²) >= 11 is 6.24.